The fourth-order valence-corrected chi connectivity index (χ4v) is 2.84. The molecule has 0 saturated carbocycles. The molecule has 22 heavy (non-hydrogen) atoms. The first-order valence-corrected chi connectivity index (χ1v) is 9.28. The zero-order valence-corrected chi connectivity index (χ0v) is 13.4. The summed E-state index contributed by atoms with van der Waals surface area (Å²) in [7, 11) is -6.47. The van der Waals surface area contributed by atoms with E-state index < -0.39 is 19.7 Å². The van der Waals surface area contributed by atoms with Crippen molar-refractivity contribution < 1.29 is 16.8 Å². The van der Waals surface area contributed by atoms with Crippen LogP contribution in [-0.2, 0) is 19.7 Å². The Bertz CT molecular complexity index is 763. The van der Waals surface area contributed by atoms with E-state index in [2.05, 4.69) is 13.2 Å². The standard InChI is InChI=1S/C12H10O2S.C4H6O2S/c13-15(14,11-7-3-1-4-8-11)12-9-5-2-6-10-12;1-3-7(5,6)4-2/h1-10H;3-4H,1-2H2. The molecule has 116 valence electrons. The van der Waals surface area contributed by atoms with E-state index in [0.717, 1.165) is 10.8 Å². The lowest BCUT2D eigenvalue weighted by atomic mass is 10.4. The molecule has 0 spiro atoms. The Labute approximate surface area is 131 Å². The van der Waals surface area contributed by atoms with Gasteiger partial charge in [0, 0.05) is 10.8 Å². The highest BCUT2D eigenvalue weighted by Gasteiger charge is 2.15. The fourth-order valence-electron chi connectivity index (χ4n) is 1.40. The van der Waals surface area contributed by atoms with Crippen LogP contribution < -0.4 is 0 Å². The van der Waals surface area contributed by atoms with Gasteiger partial charge in [0.15, 0.2) is 9.84 Å². The highest BCUT2D eigenvalue weighted by Crippen LogP contribution is 2.19. The number of rotatable bonds is 4. The molecule has 0 radical (unpaired) electrons. The molecule has 0 aliphatic rings. The van der Waals surface area contributed by atoms with Crippen molar-refractivity contribution in [2.24, 2.45) is 0 Å². The van der Waals surface area contributed by atoms with E-state index in [-0.39, 0.29) is 0 Å². The van der Waals surface area contributed by atoms with Crippen LogP contribution in [0.25, 0.3) is 0 Å². The second kappa shape index (κ2) is 7.72. The summed E-state index contributed by atoms with van der Waals surface area (Å²) in [4.78, 5) is 0.660. The Balaban J connectivity index is 0.000000295. The lowest BCUT2D eigenvalue weighted by molar-refractivity contribution is 0.596. The highest BCUT2D eigenvalue weighted by molar-refractivity contribution is 7.97. The molecule has 0 saturated heterocycles. The van der Waals surface area contributed by atoms with Crippen molar-refractivity contribution in [2.45, 2.75) is 9.79 Å². The minimum atomic E-state index is -3.34. The topological polar surface area (TPSA) is 68.3 Å². The summed E-state index contributed by atoms with van der Waals surface area (Å²) in [6, 6.07) is 16.9. The molecule has 4 nitrogen and oxygen atoms in total. The molecule has 0 fully saturated rings. The van der Waals surface area contributed by atoms with Gasteiger partial charge >= 0.3 is 0 Å². The van der Waals surface area contributed by atoms with E-state index in [4.69, 9.17) is 0 Å². The third-order valence-corrected chi connectivity index (χ3v) is 5.29. The van der Waals surface area contributed by atoms with E-state index in [0.29, 0.717) is 9.79 Å². The minimum absolute atomic E-state index is 0.330. The molecule has 0 amide bonds. The molecular formula is C16H16O4S2. The predicted octanol–water partition coefficient (Wildman–Crippen LogP) is 3.21. The summed E-state index contributed by atoms with van der Waals surface area (Å²) in [6.45, 7) is 6.09. The van der Waals surface area contributed by atoms with Gasteiger partial charge in [0.2, 0.25) is 9.84 Å². The van der Waals surface area contributed by atoms with Crippen LogP contribution in [0, 0.1) is 0 Å². The van der Waals surface area contributed by atoms with Crippen molar-refractivity contribution in [1.29, 1.82) is 0 Å². The van der Waals surface area contributed by atoms with Crippen molar-refractivity contribution in [1.82, 2.24) is 0 Å². The second-order valence-electron chi connectivity index (χ2n) is 4.05. The van der Waals surface area contributed by atoms with Crippen LogP contribution in [0.2, 0.25) is 0 Å². The van der Waals surface area contributed by atoms with Crippen LogP contribution in [-0.4, -0.2) is 16.8 Å². The van der Waals surface area contributed by atoms with Gasteiger partial charge in [0.05, 0.1) is 9.79 Å². The normalized spacial score (nSPS) is 10.9. The van der Waals surface area contributed by atoms with Gasteiger partial charge in [-0.2, -0.15) is 0 Å². The summed E-state index contributed by atoms with van der Waals surface area (Å²) in [5.74, 6) is 0. The summed E-state index contributed by atoms with van der Waals surface area (Å²) in [5.41, 5.74) is 0. The molecule has 0 aliphatic heterocycles. The number of benzene rings is 2. The smallest absolute Gasteiger partial charge is 0.206 e. The average Bonchev–Trinajstić information content (AvgIpc) is 2.57. The third-order valence-electron chi connectivity index (χ3n) is 2.57. The van der Waals surface area contributed by atoms with Crippen LogP contribution >= 0.6 is 0 Å². The quantitative estimate of drug-likeness (QED) is 0.860. The molecule has 2 aromatic carbocycles. The van der Waals surface area contributed by atoms with Crippen molar-refractivity contribution in [3.05, 3.63) is 84.6 Å². The van der Waals surface area contributed by atoms with Gasteiger partial charge in [-0.25, -0.2) is 16.8 Å². The third kappa shape index (κ3) is 4.98. The molecule has 2 aromatic rings. The van der Waals surface area contributed by atoms with E-state index in [1.807, 2.05) is 0 Å². The Morgan fingerprint density at radius 2 is 0.955 bits per heavy atom. The maximum atomic E-state index is 12.0. The van der Waals surface area contributed by atoms with Crippen molar-refractivity contribution in [3.8, 4) is 0 Å². The number of hydrogen-bond acceptors (Lipinski definition) is 4. The van der Waals surface area contributed by atoms with E-state index in [9.17, 15) is 16.8 Å². The highest BCUT2D eigenvalue weighted by atomic mass is 32.2. The first-order chi connectivity index (χ1) is 10.3. The molecule has 0 aromatic heterocycles. The van der Waals surface area contributed by atoms with Crippen LogP contribution in [0.3, 0.4) is 0 Å². The lowest BCUT2D eigenvalue weighted by Crippen LogP contribution is -2.00. The van der Waals surface area contributed by atoms with Gasteiger partial charge in [-0.05, 0) is 24.3 Å². The molecule has 2 rings (SSSR count). The second-order valence-corrected chi connectivity index (χ2v) is 7.85. The number of sulfone groups is 2. The first-order valence-electron chi connectivity index (χ1n) is 6.18. The van der Waals surface area contributed by atoms with E-state index >= 15 is 0 Å². The molecule has 0 N–H and O–H groups in total. The Morgan fingerprint density at radius 1 is 0.636 bits per heavy atom. The van der Waals surface area contributed by atoms with Gasteiger partial charge in [0.1, 0.15) is 0 Å². The maximum Gasteiger partial charge on any atom is 0.206 e. The van der Waals surface area contributed by atoms with Gasteiger partial charge < -0.3 is 0 Å². The van der Waals surface area contributed by atoms with Crippen molar-refractivity contribution >= 4 is 19.7 Å². The Morgan fingerprint density at radius 3 is 1.18 bits per heavy atom. The van der Waals surface area contributed by atoms with Crippen LogP contribution in [0.5, 0.6) is 0 Å². The average molecular weight is 336 g/mol. The Kier molecular flexibility index (Phi) is 6.27. The summed E-state index contributed by atoms with van der Waals surface area (Å²) in [6.07, 6.45) is 0. The van der Waals surface area contributed by atoms with Gasteiger partial charge in [-0.15, -0.1) is 0 Å². The fraction of sp³-hybridized carbons (Fsp3) is 0. The first kappa shape index (κ1) is 17.9. The molecular weight excluding hydrogens is 320 g/mol. The summed E-state index contributed by atoms with van der Waals surface area (Å²) < 4.78 is 44.3. The largest absolute Gasteiger partial charge is 0.220 e. The zero-order valence-electron chi connectivity index (χ0n) is 11.8. The molecule has 0 atom stereocenters. The zero-order chi connectivity index (χ0) is 16.6. The molecule has 0 heterocycles. The summed E-state index contributed by atoms with van der Waals surface area (Å²) >= 11 is 0. The summed E-state index contributed by atoms with van der Waals surface area (Å²) in [5, 5.41) is 1.69. The van der Waals surface area contributed by atoms with Crippen LogP contribution in [0.15, 0.2) is 94.4 Å². The SMILES string of the molecule is C=CS(=O)(=O)C=C.O=S(=O)(c1ccccc1)c1ccccc1. The monoisotopic (exact) mass is 336 g/mol. The van der Waals surface area contributed by atoms with Crippen LogP contribution in [0.4, 0.5) is 0 Å². The van der Waals surface area contributed by atoms with E-state index in [1.165, 1.54) is 0 Å². The molecule has 6 heteroatoms. The lowest BCUT2D eigenvalue weighted by Gasteiger charge is -2.03. The van der Waals surface area contributed by atoms with E-state index in [1.54, 1.807) is 60.7 Å². The molecule has 0 aliphatic carbocycles. The van der Waals surface area contributed by atoms with Gasteiger partial charge in [0.25, 0.3) is 0 Å². The molecule has 0 bridgehead atoms. The minimum Gasteiger partial charge on any atom is -0.220 e. The van der Waals surface area contributed by atoms with Crippen molar-refractivity contribution in [3.63, 3.8) is 0 Å². The Hall–Kier alpha value is -2.18. The number of hydrogen-bond donors (Lipinski definition) is 0. The van der Waals surface area contributed by atoms with Gasteiger partial charge in [-0.1, -0.05) is 49.6 Å². The van der Waals surface area contributed by atoms with Gasteiger partial charge in [-0.3, -0.25) is 0 Å². The van der Waals surface area contributed by atoms with Crippen molar-refractivity contribution in [2.75, 3.05) is 0 Å². The molecule has 0 unspecified atom stereocenters. The maximum absolute atomic E-state index is 12.0. The predicted molar refractivity (Wildman–Crippen MR) is 87.6 cm³/mol. The van der Waals surface area contributed by atoms with Crippen LogP contribution in [0.1, 0.15) is 0 Å².